The molecule has 1 aromatic heterocycles. The number of nitrogens with one attached hydrogen (secondary N) is 1. The van der Waals surface area contributed by atoms with Crippen LogP contribution in [-0.4, -0.2) is 9.55 Å². The number of H-pyrrole nitrogens is 1. The molecular weight excluding hydrogens is 275 g/mol. The van der Waals surface area contributed by atoms with Gasteiger partial charge in [-0.2, -0.15) is 0 Å². The fraction of sp³-hybridized carbons (Fsp3) is 0.111. The van der Waals surface area contributed by atoms with E-state index in [1.165, 1.54) is 6.07 Å². The van der Waals surface area contributed by atoms with Crippen molar-refractivity contribution in [3.8, 4) is 0 Å². The number of aromatic nitrogens is 2. The molecule has 0 aliphatic heterocycles. The van der Waals surface area contributed by atoms with E-state index in [9.17, 15) is 22.8 Å². The Balaban J connectivity index is 3.13. The first-order chi connectivity index (χ1) is 8.21. The zero-order valence-electron chi connectivity index (χ0n) is 8.51. The van der Waals surface area contributed by atoms with Crippen LogP contribution in [0.25, 0.3) is 11.0 Å². The van der Waals surface area contributed by atoms with Gasteiger partial charge in [-0.1, -0.05) is 11.6 Å². The normalized spacial score (nSPS) is 12.0. The van der Waals surface area contributed by atoms with E-state index >= 15 is 0 Å². The van der Waals surface area contributed by atoms with Gasteiger partial charge in [0.2, 0.25) is 0 Å². The van der Waals surface area contributed by atoms with Crippen LogP contribution in [0.4, 0.5) is 18.9 Å². The molecule has 0 atom stereocenters. The number of halogens is 4. The summed E-state index contributed by atoms with van der Waals surface area (Å²) in [6.45, 7) is 0. The molecule has 18 heavy (non-hydrogen) atoms. The molecule has 0 unspecified atom stereocenters. The lowest BCUT2D eigenvalue weighted by molar-refractivity contribution is -0.203. The average Bonchev–Trinajstić information content (AvgIpc) is 2.19. The molecule has 1 aromatic carbocycles. The van der Waals surface area contributed by atoms with E-state index in [4.69, 9.17) is 17.3 Å². The fourth-order valence-corrected chi connectivity index (χ4v) is 1.78. The molecule has 96 valence electrons. The third kappa shape index (κ3) is 1.84. The largest absolute Gasteiger partial charge is 0.492 e. The zero-order chi connectivity index (χ0) is 13.7. The number of benzene rings is 1. The van der Waals surface area contributed by atoms with Crippen LogP contribution in [0.3, 0.4) is 0 Å². The maximum Gasteiger partial charge on any atom is 0.492 e. The number of anilines is 1. The minimum Gasteiger partial charge on any atom is -0.397 e. The fourth-order valence-electron chi connectivity index (χ4n) is 1.56. The minimum absolute atomic E-state index is 0.0792. The first-order valence-electron chi connectivity index (χ1n) is 4.53. The number of alkyl halides is 3. The molecule has 0 saturated carbocycles. The van der Waals surface area contributed by atoms with Crippen LogP contribution in [0.5, 0.6) is 0 Å². The molecule has 9 heteroatoms. The van der Waals surface area contributed by atoms with Crippen LogP contribution in [0.2, 0.25) is 5.02 Å². The summed E-state index contributed by atoms with van der Waals surface area (Å²) >= 11 is 5.58. The lowest BCUT2D eigenvalue weighted by Crippen LogP contribution is -2.41. The number of rotatable bonds is 0. The summed E-state index contributed by atoms with van der Waals surface area (Å²) in [4.78, 5) is 24.4. The molecule has 0 saturated heterocycles. The average molecular weight is 280 g/mol. The summed E-state index contributed by atoms with van der Waals surface area (Å²) in [5, 5.41) is -0.0792. The molecule has 0 bridgehead atoms. The van der Waals surface area contributed by atoms with Gasteiger partial charge in [-0.25, -0.2) is 4.57 Å². The standard InChI is InChI=1S/C9H5ClF3N3O2/c10-3-1-4(14)6-5(2-3)16(9(11,12)13)8(18)7(17)15-6/h1-2H,14H2,(H,15,17). The van der Waals surface area contributed by atoms with Crippen molar-refractivity contribution in [2.24, 2.45) is 0 Å². The smallest absolute Gasteiger partial charge is 0.397 e. The monoisotopic (exact) mass is 279 g/mol. The maximum atomic E-state index is 12.7. The first kappa shape index (κ1) is 12.5. The van der Waals surface area contributed by atoms with E-state index in [1.807, 2.05) is 4.98 Å². The third-order valence-corrected chi connectivity index (χ3v) is 2.46. The number of fused-ring (bicyclic) bond motifs is 1. The highest BCUT2D eigenvalue weighted by molar-refractivity contribution is 6.31. The number of hydrogen-bond acceptors (Lipinski definition) is 3. The van der Waals surface area contributed by atoms with Gasteiger partial charge >= 0.3 is 17.4 Å². The highest BCUT2D eigenvalue weighted by Gasteiger charge is 2.35. The van der Waals surface area contributed by atoms with E-state index in [0.717, 1.165) is 6.07 Å². The molecule has 1 heterocycles. The summed E-state index contributed by atoms with van der Waals surface area (Å²) in [5.74, 6) is 0. The van der Waals surface area contributed by atoms with E-state index in [0.29, 0.717) is 0 Å². The van der Waals surface area contributed by atoms with Crippen molar-refractivity contribution in [2.45, 2.75) is 6.30 Å². The Kier molecular flexibility index (Phi) is 2.62. The molecule has 0 aliphatic carbocycles. The van der Waals surface area contributed by atoms with Gasteiger partial charge in [0.05, 0.1) is 16.7 Å². The van der Waals surface area contributed by atoms with E-state index in [1.54, 1.807) is 0 Å². The predicted octanol–water partition coefficient (Wildman–Crippen LogP) is 1.40. The van der Waals surface area contributed by atoms with Crippen molar-refractivity contribution < 1.29 is 13.2 Å². The molecule has 3 N–H and O–H groups in total. The Hall–Kier alpha value is -1.96. The molecule has 2 aromatic rings. The van der Waals surface area contributed by atoms with Crippen LogP contribution in [-0.2, 0) is 6.30 Å². The molecule has 2 rings (SSSR count). The van der Waals surface area contributed by atoms with Crippen molar-refractivity contribution in [3.05, 3.63) is 37.9 Å². The van der Waals surface area contributed by atoms with Crippen molar-refractivity contribution >= 4 is 28.3 Å². The van der Waals surface area contributed by atoms with Crippen LogP contribution < -0.4 is 16.9 Å². The highest BCUT2D eigenvalue weighted by Crippen LogP contribution is 2.28. The van der Waals surface area contributed by atoms with Gasteiger partial charge in [-0.05, 0) is 12.1 Å². The number of aromatic amines is 1. The molecule has 0 radical (unpaired) electrons. The Morgan fingerprint density at radius 1 is 1.28 bits per heavy atom. The predicted molar refractivity (Wildman–Crippen MR) is 59.5 cm³/mol. The summed E-state index contributed by atoms with van der Waals surface area (Å²) < 4.78 is 37.7. The molecule has 0 aliphatic rings. The van der Waals surface area contributed by atoms with Crippen molar-refractivity contribution in [3.63, 3.8) is 0 Å². The second-order valence-electron chi connectivity index (χ2n) is 3.45. The Labute approximate surface area is 102 Å². The lowest BCUT2D eigenvalue weighted by atomic mass is 10.2. The summed E-state index contributed by atoms with van der Waals surface area (Å²) in [7, 11) is 0. The van der Waals surface area contributed by atoms with E-state index in [-0.39, 0.29) is 16.2 Å². The van der Waals surface area contributed by atoms with Crippen molar-refractivity contribution in [1.29, 1.82) is 0 Å². The quantitative estimate of drug-likeness (QED) is 0.565. The number of nitrogen functional groups attached to an aromatic ring is 1. The second kappa shape index (κ2) is 3.77. The van der Waals surface area contributed by atoms with Gasteiger partial charge in [0.15, 0.2) is 0 Å². The van der Waals surface area contributed by atoms with Crippen LogP contribution >= 0.6 is 11.6 Å². The number of nitrogens with zero attached hydrogens (tertiary/aromatic N) is 1. The van der Waals surface area contributed by atoms with E-state index in [2.05, 4.69) is 0 Å². The van der Waals surface area contributed by atoms with Crippen molar-refractivity contribution in [1.82, 2.24) is 9.55 Å². The summed E-state index contributed by atoms with van der Waals surface area (Å²) in [6, 6.07) is 2.07. The lowest BCUT2D eigenvalue weighted by Gasteiger charge is -2.13. The maximum absolute atomic E-state index is 12.7. The second-order valence-corrected chi connectivity index (χ2v) is 3.89. The van der Waals surface area contributed by atoms with Crippen LogP contribution in [0, 0.1) is 0 Å². The van der Waals surface area contributed by atoms with Crippen molar-refractivity contribution in [2.75, 3.05) is 5.73 Å². The molecule has 0 spiro atoms. The highest BCUT2D eigenvalue weighted by atomic mass is 35.5. The molecule has 0 fully saturated rings. The molecule has 0 amide bonds. The SMILES string of the molecule is Nc1cc(Cl)cc2c1[nH]c(=O)c(=O)n2C(F)(F)F. The summed E-state index contributed by atoms with van der Waals surface area (Å²) in [5.41, 5.74) is 1.25. The van der Waals surface area contributed by atoms with Gasteiger partial charge in [-0.15, -0.1) is 13.2 Å². The molecule has 5 nitrogen and oxygen atoms in total. The Morgan fingerprint density at radius 2 is 1.89 bits per heavy atom. The van der Waals surface area contributed by atoms with Crippen LogP contribution in [0.1, 0.15) is 0 Å². The van der Waals surface area contributed by atoms with Crippen LogP contribution in [0.15, 0.2) is 21.7 Å². The Morgan fingerprint density at radius 3 is 2.44 bits per heavy atom. The Bertz CT molecular complexity index is 748. The first-order valence-corrected chi connectivity index (χ1v) is 4.91. The third-order valence-electron chi connectivity index (χ3n) is 2.24. The minimum atomic E-state index is -5.04. The van der Waals surface area contributed by atoms with Gasteiger partial charge in [-0.3, -0.25) is 9.59 Å². The topological polar surface area (TPSA) is 80.9 Å². The molecular formula is C9H5ClF3N3O2. The van der Waals surface area contributed by atoms with Gasteiger partial charge in [0, 0.05) is 5.02 Å². The van der Waals surface area contributed by atoms with Gasteiger partial charge in [0.25, 0.3) is 0 Å². The van der Waals surface area contributed by atoms with E-state index < -0.39 is 27.5 Å². The summed E-state index contributed by atoms with van der Waals surface area (Å²) in [6.07, 6.45) is -5.04. The van der Waals surface area contributed by atoms with Gasteiger partial charge in [0.1, 0.15) is 0 Å². The number of hydrogen-bond donors (Lipinski definition) is 2. The zero-order valence-corrected chi connectivity index (χ0v) is 9.26. The number of nitrogens with two attached hydrogens (primary N) is 1. The van der Waals surface area contributed by atoms with Gasteiger partial charge < -0.3 is 10.7 Å².